The average Bonchev–Trinajstić information content (AvgIpc) is 2.45. The van der Waals surface area contributed by atoms with Crippen molar-refractivity contribution in [1.29, 1.82) is 5.53 Å². The van der Waals surface area contributed by atoms with Crippen LogP contribution in [0.15, 0.2) is 5.11 Å². The summed E-state index contributed by atoms with van der Waals surface area (Å²) in [5.74, 6) is 0.684. The number of hydrogen-bond acceptors (Lipinski definition) is 3. The molecule has 1 aliphatic carbocycles. The molecule has 1 fully saturated rings. The second kappa shape index (κ2) is 2.22. The molecule has 3 nitrogen and oxygen atoms in total. The van der Waals surface area contributed by atoms with Crippen molar-refractivity contribution in [2.45, 2.75) is 18.9 Å². The molecule has 1 rings (SSSR count). The van der Waals surface area contributed by atoms with Crippen LogP contribution in [0.3, 0.4) is 0 Å². The van der Waals surface area contributed by atoms with Gasteiger partial charge in [0.05, 0.1) is 6.54 Å². The summed E-state index contributed by atoms with van der Waals surface area (Å²) in [7, 11) is 0. The molecule has 0 aromatic carbocycles. The standard InChI is InChI=1S/C5H11N3/c6-5(3-8-7)4-1-2-4/h4-5,7H,1-3,6H2. The lowest BCUT2D eigenvalue weighted by molar-refractivity contribution is 0.588. The van der Waals surface area contributed by atoms with E-state index in [0.717, 1.165) is 0 Å². The Morgan fingerprint density at radius 2 is 2.38 bits per heavy atom. The van der Waals surface area contributed by atoms with Gasteiger partial charge >= 0.3 is 0 Å². The first-order valence-corrected chi connectivity index (χ1v) is 2.93. The summed E-state index contributed by atoms with van der Waals surface area (Å²) in [5.41, 5.74) is 12.1. The monoisotopic (exact) mass is 113 g/mol. The summed E-state index contributed by atoms with van der Waals surface area (Å²) in [5, 5.41) is 3.22. The number of nitrogens with one attached hydrogen (secondary N) is 1. The lowest BCUT2D eigenvalue weighted by Crippen LogP contribution is -2.25. The van der Waals surface area contributed by atoms with Gasteiger partial charge in [-0.15, -0.1) is 0 Å². The molecule has 1 saturated carbocycles. The maximum absolute atomic E-state index is 6.50. The zero-order valence-corrected chi connectivity index (χ0v) is 4.80. The zero-order valence-electron chi connectivity index (χ0n) is 4.80. The van der Waals surface area contributed by atoms with Crippen molar-refractivity contribution < 1.29 is 0 Å². The first-order chi connectivity index (χ1) is 3.84. The fourth-order valence-corrected chi connectivity index (χ4v) is 0.779. The molecule has 0 bridgehead atoms. The average molecular weight is 113 g/mol. The molecule has 3 N–H and O–H groups in total. The number of nitrogens with two attached hydrogens (primary N) is 1. The smallest absolute Gasteiger partial charge is 0.0750 e. The Bertz CT molecular complexity index is 87.7. The van der Waals surface area contributed by atoms with Gasteiger partial charge < -0.3 is 5.73 Å². The fourth-order valence-electron chi connectivity index (χ4n) is 0.779. The van der Waals surface area contributed by atoms with Gasteiger partial charge in [0.25, 0.3) is 0 Å². The summed E-state index contributed by atoms with van der Waals surface area (Å²) in [4.78, 5) is 0. The maximum atomic E-state index is 6.50. The third-order valence-electron chi connectivity index (χ3n) is 1.53. The van der Waals surface area contributed by atoms with Gasteiger partial charge in [0.15, 0.2) is 0 Å². The van der Waals surface area contributed by atoms with E-state index in [2.05, 4.69) is 5.11 Å². The Hall–Kier alpha value is -0.440. The van der Waals surface area contributed by atoms with Crippen LogP contribution in [0.1, 0.15) is 12.8 Å². The normalized spacial score (nSPS) is 22.6. The molecule has 0 amide bonds. The Morgan fingerprint density at radius 3 is 2.75 bits per heavy atom. The molecule has 0 aromatic rings. The van der Waals surface area contributed by atoms with Gasteiger partial charge in [-0.2, -0.15) is 5.11 Å². The van der Waals surface area contributed by atoms with E-state index in [9.17, 15) is 0 Å². The molecule has 1 atom stereocenters. The number of hydrogen-bond donors (Lipinski definition) is 2. The van der Waals surface area contributed by atoms with Crippen LogP contribution in [0.25, 0.3) is 0 Å². The molecule has 0 saturated heterocycles. The fraction of sp³-hybridized carbons (Fsp3) is 1.00. The van der Waals surface area contributed by atoms with Crippen molar-refractivity contribution in [1.82, 2.24) is 0 Å². The Morgan fingerprint density at radius 1 is 1.75 bits per heavy atom. The van der Waals surface area contributed by atoms with E-state index in [4.69, 9.17) is 11.3 Å². The van der Waals surface area contributed by atoms with Crippen LogP contribution >= 0.6 is 0 Å². The van der Waals surface area contributed by atoms with E-state index < -0.39 is 0 Å². The highest BCUT2D eigenvalue weighted by atomic mass is 15.0. The van der Waals surface area contributed by atoms with Gasteiger partial charge in [0.1, 0.15) is 0 Å². The van der Waals surface area contributed by atoms with Gasteiger partial charge in [-0.25, -0.2) is 5.53 Å². The van der Waals surface area contributed by atoms with Gasteiger partial charge in [-0.1, -0.05) is 0 Å². The number of rotatable bonds is 3. The summed E-state index contributed by atoms with van der Waals surface area (Å²) in [6.45, 7) is 0.519. The van der Waals surface area contributed by atoms with E-state index in [1.165, 1.54) is 12.8 Å². The first-order valence-electron chi connectivity index (χ1n) is 2.93. The summed E-state index contributed by atoms with van der Waals surface area (Å²) >= 11 is 0. The molecular weight excluding hydrogens is 102 g/mol. The Kier molecular flexibility index (Phi) is 1.58. The highest BCUT2D eigenvalue weighted by Crippen LogP contribution is 2.31. The predicted molar refractivity (Wildman–Crippen MR) is 30.7 cm³/mol. The van der Waals surface area contributed by atoms with Crippen LogP contribution in [-0.2, 0) is 0 Å². The van der Waals surface area contributed by atoms with Crippen molar-refractivity contribution >= 4 is 0 Å². The highest BCUT2D eigenvalue weighted by molar-refractivity contribution is 4.84. The van der Waals surface area contributed by atoms with Gasteiger partial charge in [-0.05, 0) is 18.8 Å². The van der Waals surface area contributed by atoms with Crippen LogP contribution in [-0.4, -0.2) is 12.6 Å². The highest BCUT2D eigenvalue weighted by Gasteiger charge is 2.27. The van der Waals surface area contributed by atoms with Crippen molar-refractivity contribution in [3.05, 3.63) is 0 Å². The van der Waals surface area contributed by atoms with E-state index in [0.29, 0.717) is 12.5 Å². The minimum atomic E-state index is 0.174. The van der Waals surface area contributed by atoms with E-state index in [1.807, 2.05) is 0 Å². The second-order valence-electron chi connectivity index (χ2n) is 2.34. The topological polar surface area (TPSA) is 62.2 Å². The van der Waals surface area contributed by atoms with Crippen molar-refractivity contribution in [2.24, 2.45) is 16.8 Å². The van der Waals surface area contributed by atoms with E-state index in [-0.39, 0.29) is 6.04 Å². The molecule has 46 valence electrons. The lowest BCUT2D eigenvalue weighted by Gasteiger charge is -2.01. The quantitative estimate of drug-likeness (QED) is 0.521. The van der Waals surface area contributed by atoms with Crippen LogP contribution in [0.2, 0.25) is 0 Å². The SMILES string of the molecule is N=NCC(N)C1CC1. The molecule has 0 spiro atoms. The third-order valence-corrected chi connectivity index (χ3v) is 1.53. The second-order valence-corrected chi connectivity index (χ2v) is 2.34. The van der Waals surface area contributed by atoms with Gasteiger partial charge in [-0.3, -0.25) is 0 Å². The molecule has 0 aromatic heterocycles. The Balaban J connectivity index is 2.12. The minimum Gasteiger partial charge on any atom is -0.326 e. The van der Waals surface area contributed by atoms with Crippen molar-refractivity contribution in [3.8, 4) is 0 Å². The molecule has 0 radical (unpaired) electrons. The molecule has 0 heterocycles. The molecule has 8 heavy (non-hydrogen) atoms. The third kappa shape index (κ3) is 1.26. The van der Waals surface area contributed by atoms with E-state index >= 15 is 0 Å². The van der Waals surface area contributed by atoms with Crippen molar-refractivity contribution in [2.75, 3.05) is 6.54 Å². The largest absolute Gasteiger partial charge is 0.326 e. The maximum Gasteiger partial charge on any atom is 0.0750 e. The molecule has 3 heteroatoms. The lowest BCUT2D eigenvalue weighted by atomic mass is 10.2. The molecule has 1 unspecified atom stereocenters. The van der Waals surface area contributed by atoms with Crippen LogP contribution in [0.4, 0.5) is 0 Å². The van der Waals surface area contributed by atoms with E-state index in [1.54, 1.807) is 0 Å². The molecular formula is C5H11N3. The van der Waals surface area contributed by atoms with Crippen molar-refractivity contribution in [3.63, 3.8) is 0 Å². The molecule has 1 aliphatic rings. The first kappa shape index (κ1) is 5.69. The van der Waals surface area contributed by atoms with Crippen LogP contribution in [0.5, 0.6) is 0 Å². The van der Waals surface area contributed by atoms with Gasteiger partial charge in [0, 0.05) is 6.04 Å². The number of nitrogens with zero attached hydrogens (tertiary/aromatic N) is 1. The summed E-state index contributed by atoms with van der Waals surface area (Å²) in [6.07, 6.45) is 2.49. The Labute approximate surface area is 48.8 Å². The summed E-state index contributed by atoms with van der Waals surface area (Å²) in [6, 6.07) is 0.174. The molecule has 0 aliphatic heterocycles. The predicted octanol–water partition coefficient (Wildman–Crippen LogP) is 0.755. The van der Waals surface area contributed by atoms with Crippen LogP contribution < -0.4 is 5.73 Å². The summed E-state index contributed by atoms with van der Waals surface area (Å²) < 4.78 is 0. The van der Waals surface area contributed by atoms with Crippen LogP contribution in [0, 0.1) is 11.4 Å². The van der Waals surface area contributed by atoms with Gasteiger partial charge in [0.2, 0.25) is 0 Å². The minimum absolute atomic E-state index is 0.174. The zero-order chi connectivity index (χ0) is 5.98.